The van der Waals surface area contributed by atoms with Gasteiger partial charge in [0, 0.05) is 31.3 Å². The first-order chi connectivity index (χ1) is 31.5. The van der Waals surface area contributed by atoms with E-state index in [9.17, 15) is 39.6 Å². The molecule has 0 radical (unpaired) electrons. The van der Waals surface area contributed by atoms with E-state index in [0.717, 1.165) is 57.5 Å². The number of nitrogens with one attached hydrogen (secondary N) is 1. The molecule has 0 aliphatic heterocycles. The normalized spacial score (nSPS) is 20.8. The number of phenolic OH excluding ortho intramolecular Hbond substituents is 1. The molecule has 3 aliphatic carbocycles. The van der Waals surface area contributed by atoms with E-state index in [1.54, 1.807) is 39.2 Å². The van der Waals surface area contributed by atoms with Crippen LogP contribution in [0.1, 0.15) is 86.6 Å². The second-order valence-electron chi connectivity index (χ2n) is 18.8. The zero-order valence-corrected chi connectivity index (χ0v) is 39.7. The summed E-state index contributed by atoms with van der Waals surface area (Å²) in [5.41, 5.74) is 2.53. The largest absolute Gasteiger partial charge is 0.510 e. The Hall–Kier alpha value is -5.82. The van der Waals surface area contributed by atoms with Gasteiger partial charge in [-0.3, -0.25) is 24.1 Å². The quantitative estimate of drug-likeness (QED) is 0.0300. The molecule has 0 saturated carbocycles. The molecule has 7 rings (SSSR count). The number of carbonyl (C=O) groups is 4. The number of fused-ring (bicyclic) bond motifs is 3. The van der Waals surface area contributed by atoms with Crippen LogP contribution in [0.4, 0.5) is 11.4 Å². The predicted octanol–water partition coefficient (Wildman–Crippen LogP) is 5.49. The molecular formula is C51H65N6O8P. The SMILES string of the molecule is CN(C)c1cc(NC(=O)CCCCCCCCCCC[PH](c2ccccc2)(c2ccccc2)c2cnn(C)c2)c(O)c2c1C[C@H]1C[C@H]3[C@H](N(C)C)C(O)=C(C(N)=O)C(=O)[C@@]3(O)C(O)=C1C2=O. The molecule has 0 fully saturated rings. The summed E-state index contributed by atoms with van der Waals surface area (Å²) in [5.74, 6) is -7.58. The number of benzene rings is 3. The Labute approximate surface area is 387 Å². The van der Waals surface area contributed by atoms with Gasteiger partial charge in [-0.05, 0) is 44.5 Å². The minimum atomic E-state index is -2.74. The van der Waals surface area contributed by atoms with Gasteiger partial charge in [-0.15, -0.1) is 0 Å². The number of aliphatic hydroxyl groups is 3. The molecule has 15 heteroatoms. The van der Waals surface area contributed by atoms with Gasteiger partial charge in [0.2, 0.25) is 5.78 Å². The molecule has 3 aliphatic rings. The molecule has 7 N–H and O–H groups in total. The molecule has 0 saturated heterocycles. The van der Waals surface area contributed by atoms with Crippen LogP contribution in [0, 0.1) is 11.8 Å². The first-order valence-corrected chi connectivity index (χ1v) is 25.4. The molecule has 0 bridgehead atoms. The van der Waals surface area contributed by atoms with Gasteiger partial charge < -0.3 is 36.4 Å². The third kappa shape index (κ3) is 8.90. The number of primary amides is 1. The number of nitrogens with two attached hydrogens (primary N) is 1. The first kappa shape index (κ1) is 48.1. The van der Waals surface area contributed by atoms with E-state index in [2.05, 4.69) is 83.5 Å². The van der Waals surface area contributed by atoms with Crippen molar-refractivity contribution in [3.05, 3.63) is 113 Å². The Morgan fingerprint density at radius 1 is 0.864 bits per heavy atom. The molecule has 2 amide bonds. The number of anilines is 2. The van der Waals surface area contributed by atoms with Crippen LogP contribution in [-0.2, 0) is 27.9 Å². The maximum absolute atomic E-state index is 14.4. The van der Waals surface area contributed by atoms with E-state index in [1.807, 2.05) is 11.7 Å². The van der Waals surface area contributed by atoms with Gasteiger partial charge >= 0.3 is 189 Å². The van der Waals surface area contributed by atoms with Crippen LogP contribution in [0.3, 0.4) is 0 Å². The third-order valence-corrected chi connectivity index (χ3v) is 19.1. The molecule has 4 atom stereocenters. The summed E-state index contributed by atoms with van der Waals surface area (Å²) >= 11 is 0. The molecule has 14 nitrogen and oxygen atoms in total. The minimum absolute atomic E-state index is 0.0163. The molecule has 3 aromatic carbocycles. The van der Waals surface area contributed by atoms with Crippen molar-refractivity contribution >= 4 is 57.9 Å². The third-order valence-electron chi connectivity index (χ3n) is 14.1. The van der Waals surface area contributed by atoms with Crippen molar-refractivity contribution in [2.75, 3.05) is 44.6 Å². The van der Waals surface area contributed by atoms with Crippen molar-refractivity contribution in [1.82, 2.24) is 14.7 Å². The van der Waals surface area contributed by atoms with Crippen molar-refractivity contribution in [2.24, 2.45) is 24.6 Å². The van der Waals surface area contributed by atoms with Crippen molar-refractivity contribution in [3.8, 4) is 5.75 Å². The summed E-state index contributed by atoms with van der Waals surface area (Å²) in [5, 5.41) is 57.9. The van der Waals surface area contributed by atoms with Gasteiger partial charge in [0.1, 0.15) is 17.1 Å². The fourth-order valence-corrected chi connectivity index (χ4v) is 15.8. The second kappa shape index (κ2) is 20.0. The number of rotatable bonds is 19. The second-order valence-corrected chi connectivity index (χ2v) is 22.8. The molecule has 0 unspecified atom stereocenters. The standard InChI is InChI=1S/C51H65N6O8P/c1-55(2)39-29-38(45(59)42-36(39)27-32-28-37-44(56(3)4)47(61)43(50(52)64)49(63)51(37,65)48(62)41(32)46(42)60)54-40(58)25-19-11-9-7-6-8-10-12-20-26-66(33-21-15-13-16-22-33,34-23-17-14-18-24-34)35-30-53-57(5)31-35/h13-18,21-24,29-32,37,44,59,61-62,65-66H,6-12,19-20,25-28H2,1-5H3,(H2,52,64)(H,54,58)/t32-,37-,44-,51-/m0/s1. The van der Waals surface area contributed by atoms with E-state index >= 15 is 0 Å². The molecule has 66 heavy (non-hydrogen) atoms. The van der Waals surface area contributed by atoms with Crippen LogP contribution in [0.2, 0.25) is 0 Å². The van der Waals surface area contributed by atoms with Gasteiger partial charge in [0.25, 0.3) is 5.91 Å². The van der Waals surface area contributed by atoms with Crippen LogP contribution in [0.15, 0.2) is 102 Å². The van der Waals surface area contributed by atoms with Gasteiger partial charge in [-0.1, -0.05) is 0 Å². The number of hydrogen-bond donors (Lipinski definition) is 6. The average Bonchev–Trinajstić information content (AvgIpc) is 3.72. The van der Waals surface area contributed by atoms with Crippen molar-refractivity contribution in [3.63, 3.8) is 0 Å². The van der Waals surface area contributed by atoms with Gasteiger partial charge in [0.05, 0.1) is 17.3 Å². The van der Waals surface area contributed by atoms with Gasteiger partial charge in [-0.25, -0.2) is 0 Å². The summed E-state index contributed by atoms with van der Waals surface area (Å²) < 4.78 is 1.92. The summed E-state index contributed by atoms with van der Waals surface area (Å²) in [6.45, 7) is 0. The van der Waals surface area contributed by atoms with Crippen LogP contribution >= 0.6 is 7.26 Å². The van der Waals surface area contributed by atoms with Crippen molar-refractivity contribution in [2.45, 2.75) is 88.7 Å². The monoisotopic (exact) mass is 920 g/mol. The number of nitrogens with zero attached hydrogens (tertiary/aromatic N) is 4. The Bertz CT molecular complexity index is 2500. The minimum Gasteiger partial charge on any atom is -0.510 e. The Balaban J connectivity index is 0.930. The van der Waals surface area contributed by atoms with Crippen LogP contribution in [0.25, 0.3) is 0 Å². The molecule has 1 aromatic heterocycles. The fourth-order valence-electron chi connectivity index (χ4n) is 10.9. The van der Waals surface area contributed by atoms with E-state index in [0.29, 0.717) is 17.7 Å². The Morgan fingerprint density at radius 2 is 1.44 bits per heavy atom. The van der Waals surface area contributed by atoms with E-state index in [4.69, 9.17) is 5.73 Å². The Morgan fingerprint density at radius 3 is 1.97 bits per heavy atom. The number of aromatic nitrogens is 2. The maximum Gasteiger partial charge on any atom is 0.255 e. The number of hydrogen-bond acceptors (Lipinski definition) is 11. The number of allylic oxidation sites excluding steroid dienone is 1. The summed E-state index contributed by atoms with van der Waals surface area (Å²) in [6.07, 6.45) is 15.0. The van der Waals surface area contributed by atoms with Crippen LogP contribution in [-0.4, -0.2) is 104 Å². The zero-order chi connectivity index (χ0) is 47.5. The number of aryl methyl sites for hydroxylation is 1. The van der Waals surface area contributed by atoms with E-state index < -0.39 is 71.1 Å². The number of carbonyl (C=O) groups excluding carboxylic acids is 4. The van der Waals surface area contributed by atoms with Crippen LogP contribution in [0.5, 0.6) is 5.75 Å². The van der Waals surface area contributed by atoms with E-state index in [1.165, 1.54) is 20.8 Å². The van der Waals surface area contributed by atoms with E-state index in [-0.39, 0.29) is 42.0 Å². The smallest absolute Gasteiger partial charge is 0.255 e. The van der Waals surface area contributed by atoms with Crippen molar-refractivity contribution < 1.29 is 39.6 Å². The number of ketones is 2. The number of Topliss-reactive ketones (excluding diaryl/α,β-unsaturated/α-hetero) is 2. The molecular weight excluding hydrogens is 856 g/mol. The topological polar surface area (TPSA) is 212 Å². The summed E-state index contributed by atoms with van der Waals surface area (Å²) in [7, 11) is 6.43. The van der Waals surface area contributed by atoms with Gasteiger partial charge in [-0.2, -0.15) is 0 Å². The average molecular weight is 921 g/mol. The maximum atomic E-state index is 14.4. The molecule has 352 valence electrons. The summed E-state index contributed by atoms with van der Waals surface area (Å²) in [4.78, 5) is 57.0. The zero-order valence-electron chi connectivity index (χ0n) is 38.7. The number of aliphatic hydroxyl groups excluding tert-OH is 2. The Kier molecular flexibility index (Phi) is 14.6. The number of likely N-dealkylation sites (N-methyl/N-ethyl adjacent to an activating group) is 1. The van der Waals surface area contributed by atoms with Crippen LogP contribution < -0.4 is 31.9 Å². The van der Waals surface area contributed by atoms with Crippen molar-refractivity contribution in [1.29, 1.82) is 0 Å². The molecule has 1 heterocycles. The number of unbranched alkanes of at least 4 members (excludes halogenated alkanes) is 8. The van der Waals surface area contributed by atoms with Gasteiger partial charge in [0.15, 0.2) is 17.1 Å². The predicted molar refractivity (Wildman–Crippen MR) is 261 cm³/mol. The summed E-state index contributed by atoms with van der Waals surface area (Å²) in [6, 6.07) is 22.4. The number of phenols is 1. The molecule has 0 spiro atoms. The first-order valence-electron chi connectivity index (χ1n) is 23.1. The fraction of sp³-hybridized carbons (Fsp3) is 0.431. The number of amides is 2. The molecule has 4 aromatic rings. The number of aromatic hydroxyl groups is 1.